The molecule has 17 heavy (non-hydrogen) atoms. The van der Waals surface area contributed by atoms with Crippen LogP contribution in [0.3, 0.4) is 0 Å². The third-order valence-electron chi connectivity index (χ3n) is 2.99. The Kier molecular flexibility index (Phi) is 3.42. The number of hydrogen-bond donors (Lipinski definition) is 1. The summed E-state index contributed by atoms with van der Waals surface area (Å²) >= 11 is 0. The number of aryl methyl sites for hydroxylation is 1. The van der Waals surface area contributed by atoms with Crippen LogP contribution < -0.4 is 5.32 Å². The maximum atomic E-state index is 11.5. The molecular weight excluding hydrogens is 238 g/mol. The minimum atomic E-state index is -2.85. The molecule has 1 aliphatic heterocycles. The molecule has 0 bridgehead atoms. The lowest BCUT2D eigenvalue weighted by atomic mass is 10.2. The molecule has 6 heteroatoms. The Labute approximate surface area is 102 Å². The molecule has 1 N–H and O–H groups in total. The molecule has 1 unspecified atom stereocenters. The number of anilines is 1. The molecule has 1 saturated heterocycles. The van der Waals surface area contributed by atoms with Crippen LogP contribution in [0.5, 0.6) is 0 Å². The van der Waals surface area contributed by atoms with Gasteiger partial charge in [-0.25, -0.2) is 13.4 Å². The monoisotopic (exact) mass is 257 g/mol. The van der Waals surface area contributed by atoms with Crippen LogP contribution in [0, 0.1) is 6.92 Å². The second-order valence-electron chi connectivity index (χ2n) is 4.60. The number of sulfone groups is 1. The Balaban J connectivity index is 2.20. The van der Waals surface area contributed by atoms with Crippen LogP contribution in [0.2, 0.25) is 0 Å². The molecular formula is C11H19N3O2S. The van der Waals surface area contributed by atoms with Crippen LogP contribution in [-0.2, 0) is 9.84 Å². The number of rotatable bonds is 4. The Morgan fingerprint density at radius 3 is 2.94 bits per heavy atom. The third-order valence-corrected chi connectivity index (χ3v) is 4.74. The Morgan fingerprint density at radius 2 is 2.35 bits per heavy atom. The van der Waals surface area contributed by atoms with E-state index in [2.05, 4.69) is 17.2 Å². The van der Waals surface area contributed by atoms with Crippen molar-refractivity contribution in [1.29, 1.82) is 0 Å². The summed E-state index contributed by atoms with van der Waals surface area (Å²) < 4.78 is 25.0. The van der Waals surface area contributed by atoms with Crippen molar-refractivity contribution in [3.05, 3.63) is 11.9 Å². The molecule has 1 atom stereocenters. The summed E-state index contributed by atoms with van der Waals surface area (Å²) in [5, 5.41) is 3.25. The summed E-state index contributed by atoms with van der Waals surface area (Å²) in [6.45, 7) is 4.88. The first-order chi connectivity index (χ1) is 8.02. The molecule has 0 aliphatic carbocycles. The summed E-state index contributed by atoms with van der Waals surface area (Å²) in [6.07, 6.45) is 3.65. The number of hydrogen-bond acceptors (Lipinski definition) is 4. The van der Waals surface area contributed by atoms with Gasteiger partial charge in [0.05, 0.1) is 23.2 Å². The Bertz CT molecular complexity index is 493. The lowest BCUT2D eigenvalue weighted by Gasteiger charge is -2.14. The van der Waals surface area contributed by atoms with Gasteiger partial charge in [-0.2, -0.15) is 0 Å². The van der Waals surface area contributed by atoms with E-state index in [4.69, 9.17) is 0 Å². The molecule has 5 nitrogen and oxygen atoms in total. The number of aromatic nitrogens is 2. The number of imidazole rings is 1. The second-order valence-corrected chi connectivity index (χ2v) is 6.83. The molecule has 2 rings (SSSR count). The van der Waals surface area contributed by atoms with Gasteiger partial charge in [0, 0.05) is 12.7 Å². The summed E-state index contributed by atoms with van der Waals surface area (Å²) in [6, 6.07) is 0.0422. The van der Waals surface area contributed by atoms with E-state index in [9.17, 15) is 8.42 Å². The van der Waals surface area contributed by atoms with E-state index in [0.717, 1.165) is 24.6 Å². The first-order valence-electron chi connectivity index (χ1n) is 6.01. The van der Waals surface area contributed by atoms with Crippen LogP contribution in [0.25, 0.3) is 0 Å². The van der Waals surface area contributed by atoms with Gasteiger partial charge in [-0.3, -0.25) is 0 Å². The second kappa shape index (κ2) is 4.68. The van der Waals surface area contributed by atoms with Gasteiger partial charge in [0.15, 0.2) is 9.84 Å². The first-order valence-corrected chi connectivity index (χ1v) is 7.84. The van der Waals surface area contributed by atoms with Crippen molar-refractivity contribution in [2.24, 2.45) is 0 Å². The van der Waals surface area contributed by atoms with E-state index in [1.54, 1.807) is 0 Å². The highest BCUT2D eigenvalue weighted by atomic mass is 32.2. The fourth-order valence-corrected chi connectivity index (χ4v) is 3.87. The van der Waals surface area contributed by atoms with Gasteiger partial charge in [0.2, 0.25) is 5.95 Å². The predicted molar refractivity (Wildman–Crippen MR) is 68.1 cm³/mol. The van der Waals surface area contributed by atoms with E-state index < -0.39 is 9.84 Å². The van der Waals surface area contributed by atoms with Crippen molar-refractivity contribution in [3.8, 4) is 0 Å². The van der Waals surface area contributed by atoms with E-state index >= 15 is 0 Å². The molecule has 1 fully saturated rings. The molecule has 0 aromatic carbocycles. The van der Waals surface area contributed by atoms with Gasteiger partial charge in [0.1, 0.15) is 0 Å². The van der Waals surface area contributed by atoms with E-state index in [-0.39, 0.29) is 11.8 Å². The van der Waals surface area contributed by atoms with Crippen LogP contribution in [0.4, 0.5) is 5.95 Å². The predicted octanol–water partition coefficient (Wildman–Crippen LogP) is 1.37. The summed E-state index contributed by atoms with van der Waals surface area (Å²) in [5.74, 6) is 1.33. The zero-order valence-electron chi connectivity index (χ0n) is 10.3. The highest BCUT2D eigenvalue weighted by Crippen LogP contribution is 2.27. The molecule has 1 aliphatic rings. The van der Waals surface area contributed by atoms with E-state index in [1.807, 2.05) is 17.7 Å². The summed E-state index contributed by atoms with van der Waals surface area (Å²) in [5.41, 5.74) is 0.924. The average molecular weight is 257 g/mol. The van der Waals surface area contributed by atoms with Crippen LogP contribution in [0.15, 0.2) is 6.20 Å². The minimum absolute atomic E-state index is 0.0422. The van der Waals surface area contributed by atoms with Crippen molar-refractivity contribution >= 4 is 15.8 Å². The average Bonchev–Trinajstić information content (AvgIpc) is 2.78. The smallest absolute Gasteiger partial charge is 0.203 e. The maximum Gasteiger partial charge on any atom is 0.203 e. The zero-order valence-corrected chi connectivity index (χ0v) is 11.1. The van der Waals surface area contributed by atoms with Gasteiger partial charge in [0.25, 0.3) is 0 Å². The normalized spacial score (nSPS) is 22.8. The third kappa shape index (κ3) is 2.80. The van der Waals surface area contributed by atoms with Crippen molar-refractivity contribution in [3.63, 3.8) is 0 Å². The molecule has 0 radical (unpaired) electrons. The van der Waals surface area contributed by atoms with Crippen LogP contribution in [0.1, 0.15) is 31.5 Å². The van der Waals surface area contributed by atoms with E-state index in [1.165, 1.54) is 0 Å². The van der Waals surface area contributed by atoms with Gasteiger partial charge >= 0.3 is 0 Å². The van der Waals surface area contributed by atoms with Gasteiger partial charge in [-0.05, 0) is 19.8 Å². The van der Waals surface area contributed by atoms with Gasteiger partial charge < -0.3 is 9.88 Å². The molecule has 2 heterocycles. The minimum Gasteiger partial charge on any atom is -0.356 e. The fraction of sp³-hybridized carbons (Fsp3) is 0.727. The lowest BCUT2D eigenvalue weighted by molar-refractivity contribution is 0.559. The largest absolute Gasteiger partial charge is 0.356 e. The standard InChI is InChI=1S/C11H19N3O2S/c1-3-5-12-11-13-9(2)7-14(11)10-4-6-17(15,16)8-10/h7,10H,3-6,8H2,1-2H3,(H,12,13). The number of nitrogens with one attached hydrogen (secondary N) is 1. The molecule has 1 aromatic heterocycles. The lowest BCUT2D eigenvalue weighted by Crippen LogP contribution is -2.14. The highest BCUT2D eigenvalue weighted by Gasteiger charge is 2.30. The molecule has 96 valence electrons. The van der Waals surface area contributed by atoms with Crippen molar-refractivity contribution in [2.45, 2.75) is 32.7 Å². The van der Waals surface area contributed by atoms with Gasteiger partial charge in [-0.15, -0.1) is 0 Å². The molecule has 0 spiro atoms. The van der Waals surface area contributed by atoms with E-state index in [0.29, 0.717) is 12.2 Å². The quantitative estimate of drug-likeness (QED) is 0.885. The fourth-order valence-electron chi connectivity index (χ4n) is 2.16. The van der Waals surface area contributed by atoms with Gasteiger partial charge in [-0.1, -0.05) is 6.92 Å². The zero-order chi connectivity index (χ0) is 12.5. The SMILES string of the molecule is CCCNc1nc(C)cn1C1CCS(=O)(=O)C1. The maximum absolute atomic E-state index is 11.5. The molecule has 0 amide bonds. The first kappa shape index (κ1) is 12.4. The topological polar surface area (TPSA) is 64.0 Å². The number of nitrogens with zero attached hydrogens (tertiary/aromatic N) is 2. The highest BCUT2D eigenvalue weighted by molar-refractivity contribution is 7.91. The van der Waals surface area contributed by atoms with Crippen molar-refractivity contribution in [2.75, 3.05) is 23.4 Å². The molecule has 1 aromatic rings. The summed E-state index contributed by atoms with van der Waals surface area (Å²) in [4.78, 5) is 4.40. The summed E-state index contributed by atoms with van der Waals surface area (Å²) in [7, 11) is -2.85. The molecule has 0 saturated carbocycles. The van der Waals surface area contributed by atoms with Crippen molar-refractivity contribution < 1.29 is 8.42 Å². The Morgan fingerprint density at radius 1 is 1.59 bits per heavy atom. The van der Waals surface area contributed by atoms with Crippen LogP contribution in [-0.4, -0.2) is 36.0 Å². The van der Waals surface area contributed by atoms with Crippen molar-refractivity contribution in [1.82, 2.24) is 9.55 Å². The van der Waals surface area contributed by atoms with Crippen LogP contribution >= 0.6 is 0 Å². The Hall–Kier alpha value is -1.04.